The molecule has 0 aliphatic carbocycles. The molecule has 0 aliphatic rings. The minimum atomic E-state index is 0.351. The van der Waals surface area contributed by atoms with Crippen molar-refractivity contribution in [3.05, 3.63) is 40.3 Å². The van der Waals surface area contributed by atoms with Gasteiger partial charge in [-0.15, -0.1) is 11.3 Å². The molecule has 0 saturated heterocycles. The number of rotatable bonds is 2. The highest BCUT2D eigenvalue weighted by atomic mass is 79.9. The molecule has 0 fully saturated rings. The third-order valence-corrected chi connectivity index (χ3v) is 4.30. The van der Waals surface area contributed by atoms with Gasteiger partial charge in [-0.3, -0.25) is 4.98 Å². The molecule has 0 aliphatic heterocycles. The molecule has 0 spiro atoms. The van der Waals surface area contributed by atoms with Crippen LogP contribution < -0.4 is 5.73 Å². The summed E-state index contributed by atoms with van der Waals surface area (Å²) < 4.78 is 6.30. The van der Waals surface area contributed by atoms with Gasteiger partial charge in [0.05, 0.1) is 16.1 Å². The Kier molecular flexibility index (Phi) is 2.89. The van der Waals surface area contributed by atoms with Crippen LogP contribution in [0.25, 0.3) is 21.9 Å². The van der Waals surface area contributed by atoms with E-state index in [0.717, 1.165) is 20.6 Å². The molecule has 90 valence electrons. The van der Waals surface area contributed by atoms with Crippen molar-refractivity contribution in [3.63, 3.8) is 0 Å². The largest absolute Gasteiger partial charge is 0.380 e. The van der Waals surface area contributed by atoms with E-state index in [2.05, 4.69) is 26.1 Å². The lowest BCUT2D eigenvalue weighted by Gasteiger charge is -2.00. The molecule has 18 heavy (non-hydrogen) atoms. The molecule has 3 aromatic heterocycles. The maximum Gasteiger partial charge on any atom is 0.189 e. The summed E-state index contributed by atoms with van der Waals surface area (Å²) in [5.41, 5.74) is 7.37. The average molecular weight is 322 g/mol. The van der Waals surface area contributed by atoms with E-state index in [0.29, 0.717) is 11.6 Å². The van der Waals surface area contributed by atoms with Crippen LogP contribution in [0, 0.1) is 0 Å². The topological polar surface area (TPSA) is 64.9 Å². The Morgan fingerprint density at radius 3 is 2.83 bits per heavy atom. The van der Waals surface area contributed by atoms with E-state index in [1.807, 2.05) is 29.6 Å². The normalized spacial score (nSPS) is 10.7. The highest BCUT2D eigenvalue weighted by Crippen LogP contribution is 2.41. The molecule has 3 heterocycles. The summed E-state index contributed by atoms with van der Waals surface area (Å²) in [6, 6.07) is 7.60. The predicted molar refractivity (Wildman–Crippen MR) is 75.2 cm³/mol. The number of pyridine rings is 1. The van der Waals surface area contributed by atoms with Crippen molar-refractivity contribution in [3.8, 4) is 21.9 Å². The van der Waals surface area contributed by atoms with Crippen molar-refractivity contribution in [1.29, 1.82) is 0 Å². The number of nitrogens with zero attached hydrogens (tertiary/aromatic N) is 2. The first-order valence-corrected chi connectivity index (χ1v) is 6.84. The molecule has 3 aromatic rings. The van der Waals surface area contributed by atoms with Crippen LogP contribution in [0.5, 0.6) is 0 Å². The number of nitrogens with two attached hydrogens (primary N) is 1. The molecule has 4 nitrogen and oxygen atoms in total. The van der Waals surface area contributed by atoms with Crippen molar-refractivity contribution >= 4 is 33.1 Å². The van der Waals surface area contributed by atoms with Crippen LogP contribution in [0.3, 0.4) is 0 Å². The van der Waals surface area contributed by atoms with Crippen LogP contribution in [-0.4, -0.2) is 10.1 Å². The molecular formula is C12H8BrN3OS. The minimum Gasteiger partial charge on any atom is -0.380 e. The van der Waals surface area contributed by atoms with Crippen LogP contribution in [0.4, 0.5) is 5.82 Å². The van der Waals surface area contributed by atoms with E-state index < -0.39 is 0 Å². The molecule has 0 unspecified atom stereocenters. The summed E-state index contributed by atoms with van der Waals surface area (Å²) >= 11 is 5.04. The Morgan fingerprint density at radius 1 is 1.28 bits per heavy atom. The summed E-state index contributed by atoms with van der Waals surface area (Å²) in [6.45, 7) is 0. The third-order valence-electron chi connectivity index (χ3n) is 2.46. The van der Waals surface area contributed by atoms with Crippen LogP contribution in [0.15, 0.2) is 44.8 Å². The number of hydrogen-bond donors (Lipinski definition) is 1. The van der Waals surface area contributed by atoms with Crippen molar-refractivity contribution < 1.29 is 4.52 Å². The maximum absolute atomic E-state index is 5.87. The minimum absolute atomic E-state index is 0.351. The SMILES string of the molecule is Nc1noc(-c2sccc2Br)c1-c1ccccn1. The number of nitrogen functional groups attached to an aromatic ring is 1. The highest BCUT2D eigenvalue weighted by Gasteiger charge is 2.21. The standard InChI is InChI=1S/C12H8BrN3OS/c13-7-4-6-18-11(7)10-9(12(14)16-17-10)8-3-1-2-5-15-8/h1-6H,(H2,14,16). The number of thiophene rings is 1. The molecule has 6 heteroatoms. The second-order valence-corrected chi connectivity index (χ2v) is 5.36. The lowest BCUT2D eigenvalue weighted by molar-refractivity contribution is 0.437. The number of anilines is 1. The zero-order valence-corrected chi connectivity index (χ0v) is 11.5. The van der Waals surface area contributed by atoms with Gasteiger partial charge in [0, 0.05) is 10.7 Å². The first-order chi connectivity index (χ1) is 8.77. The molecule has 3 rings (SSSR count). The molecule has 0 saturated carbocycles. The first-order valence-electron chi connectivity index (χ1n) is 5.17. The van der Waals surface area contributed by atoms with Crippen LogP contribution in [0.1, 0.15) is 0 Å². The molecule has 0 atom stereocenters. The van der Waals surface area contributed by atoms with Crippen LogP contribution in [-0.2, 0) is 0 Å². The van der Waals surface area contributed by atoms with Crippen molar-refractivity contribution in [2.24, 2.45) is 0 Å². The van der Waals surface area contributed by atoms with Crippen LogP contribution >= 0.6 is 27.3 Å². The van der Waals surface area contributed by atoms with Gasteiger partial charge in [0.15, 0.2) is 11.6 Å². The smallest absolute Gasteiger partial charge is 0.189 e. The van der Waals surface area contributed by atoms with E-state index in [-0.39, 0.29) is 0 Å². The lowest BCUT2D eigenvalue weighted by Crippen LogP contribution is -1.90. The summed E-state index contributed by atoms with van der Waals surface area (Å²) in [6.07, 6.45) is 1.72. The predicted octanol–water partition coefficient (Wildman–Crippen LogP) is 3.81. The Bertz CT molecular complexity index is 678. The van der Waals surface area contributed by atoms with Gasteiger partial charge in [0.2, 0.25) is 0 Å². The fourth-order valence-electron chi connectivity index (χ4n) is 1.67. The quantitative estimate of drug-likeness (QED) is 0.779. The zero-order valence-electron chi connectivity index (χ0n) is 9.13. The fraction of sp³-hybridized carbons (Fsp3) is 0. The fourth-order valence-corrected chi connectivity index (χ4v) is 3.21. The van der Waals surface area contributed by atoms with Gasteiger partial charge in [0.25, 0.3) is 0 Å². The summed E-state index contributed by atoms with van der Waals surface area (Å²) in [5, 5.41) is 5.81. The van der Waals surface area contributed by atoms with Gasteiger partial charge in [-0.1, -0.05) is 11.2 Å². The number of halogens is 1. The maximum atomic E-state index is 5.87. The van der Waals surface area contributed by atoms with E-state index in [1.54, 1.807) is 17.5 Å². The summed E-state index contributed by atoms with van der Waals surface area (Å²) in [7, 11) is 0. The summed E-state index contributed by atoms with van der Waals surface area (Å²) in [5.74, 6) is 0.997. The number of aromatic nitrogens is 2. The molecule has 0 radical (unpaired) electrons. The van der Waals surface area contributed by atoms with Crippen LogP contribution in [0.2, 0.25) is 0 Å². The van der Waals surface area contributed by atoms with Gasteiger partial charge >= 0.3 is 0 Å². The van der Waals surface area contributed by atoms with Gasteiger partial charge in [-0.2, -0.15) is 0 Å². The van der Waals surface area contributed by atoms with Gasteiger partial charge in [-0.05, 0) is 39.5 Å². The van der Waals surface area contributed by atoms with Crippen molar-refractivity contribution in [2.75, 3.05) is 5.73 Å². The van der Waals surface area contributed by atoms with E-state index in [4.69, 9.17) is 10.3 Å². The third kappa shape index (κ3) is 1.83. The zero-order chi connectivity index (χ0) is 12.5. The second kappa shape index (κ2) is 4.55. The molecule has 0 bridgehead atoms. The Balaban J connectivity index is 2.22. The number of hydrogen-bond acceptors (Lipinski definition) is 5. The van der Waals surface area contributed by atoms with Gasteiger partial charge < -0.3 is 10.3 Å². The van der Waals surface area contributed by atoms with E-state index in [9.17, 15) is 0 Å². The molecular weight excluding hydrogens is 314 g/mol. The summed E-state index contributed by atoms with van der Waals surface area (Å²) in [4.78, 5) is 5.25. The van der Waals surface area contributed by atoms with Gasteiger partial charge in [0.1, 0.15) is 0 Å². The Morgan fingerprint density at radius 2 is 2.17 bits per heavy atom. The van der Waals surface area contributed by atoms with Crippen molar-refractivity contribution in [1.82, 2.24) is 10.1 Å². The average Bonchev–Trinajstić information content (AvgIpc) is 2.96. The molecule has 2 N–H and O–H groups in total. The molecule has 0 amide bonds. The second-order valence-electron chi connectivity index (χ2n) is 3.58. The van der Waals surface area contributed by atoms with Crippen molar-refractivity contribution in [2.45, 2.75) is 0 Å². The Labute approximate surface area is 116 Å². The lowest BCUT2D eigenvalue weighted by atomic mass is 10.1. The molecule has 0 aromatic carbocycles. The Hall–Kier alpha value is -1.66. The van der Waals surface area contributed by atoms with E-state index in [1.165, 1.54) is 0 Å². The first kappa shape index (κ1) is 11.4. The van der Waals surface area contributed by atoms with E-state index >= 15 is 0 Å². The monoisotopic (exact) mass is 321 g/mol. The van der Waals surface area contributed by atoms with Gasteiger partial charge in [-0.25, -0.2) is 0 Å². The highest BCUT2D eigenvalue weighted by molar-refractivity contribution is 9.10.